The Morgan fingerprint density at radius 3 is 2.88 bits per heavy atom. The third-order valence-corrected chi connectivity index (χ3v) is 5.43. The highest BCUT2D eigenvalue weighted by Gasteiger charge is 2.44. The van der Waals surface area contributed by atoms with E-state index in [0.717, 1.165) is 31.3 Å². The third kappa shape index (κ3) is 2.52. The van der Waals surface area contributed by atoms with Crippen molar-refractivity contribution in [1.29, 1.82) is 0 Å². The van der Waals surface area contributed by atoms with Gasteiger partial charge in [0.05, 0.1) is 5.69 Å². The maximum Gasteiger partial charge on any atom is 0.225 e. The van der Waals surface area contributed by atoms with E-state index in [2.05, 4.69) is 33.9 Å². The van der Waals surface area contributed by atoms with Crippen LogP contribution in [0.4, 0.5) is 11.8 Å². The summed E-state index contributed by atoms with van der Waals surface area (Å²) in [5, 5.41) is 0. The number of nitrogens with zero attached hydrogens (tertiary/aromatic N) is 5. The van der Waals surface area contributed by atoms with Gasteiger partial charge in [0, 0.05) is 45.0 Å². The molecule has 0 amide bonds. The molecule has 0 aromatic carbocycles. The van der Waals surface area contributed by atoms with E-state index in [9.17, 15) is 0 Å². The summed E-state index contributed by atoms with van der Waals surface area (Å²) in [6.45, 7) is 4.23. The average Bonchev–Trinajstić information content (AvgIpc) is 2.92. The lowest BCUT2D eigenvalue weighted by atomic mass is 9.77. The predicted octanol–water partition coefficient (Wildman–Crippen LogP) is 2.73. The van der Waals surface area contributed by atoms with Gasteiger partial charge >= 0.3 is 0 Å². The zero-order valence-corrected chi connectivity index (χ0v) is 14.8. The topological polar surface area (TPSA) is 45.2 Å². The number of hydrogen-bond donors (Lipinski definition) is 0. The molecule has 1 spiro atoms. The van der Waals surface area contributed by atoms with E-state index >= 15 is 0 Å². The molecule has 1 aliphatic heterocycles. The van der Waals surface area contributed by atoms with Crippen LogP contribution in [0.1, 0.15) is 36.1 Å². The minimum atomic E-state index is 0.159. The van der Waals surface area contributed by atoms with Crippen LogP contribution in [0.5, 0.6) is 0 Å². The summed E-state index contributed by atoms with van der Waals surface area (Å²) in [6, 6.07) is 4.25. The first-order chi connectivity index (χ1) is 11.6. The summed E-state index contributed by atoms with van der Waals surface area (Å²) in [5.41, 5.74) is 4.04. The highest BCUT2D eigenvalue weighted by molar-refractivity contribution is 5.46. The molecule has 1 atom stereocenters. The van der Waals surface area contributed by atoms with Crippen LogP contribution in [0.3, 0.4) is 0 Å². The Hall–Kier alpha value is -2.17. The fourth-order valence-electron chi connectivity index (χ4n) is 4.17. The quantitative estimate of drug-likeness (QED) is 0.850. The van der Waals surface area contributed by atoms with E-state index in [1.165, 1.54) is 36.1 Å². The molecule has 1 fully saturated rings. The molecule has 1 aliphatic carbocycles. The largest absolute Gasteiger partial charge is 0.356 e. The lowest BCUT2D eigenvalue weighted by Gasteiger charge is -2.41. The molecule has 24 heavy (non-hydrogen) atoms. The lowest BCUT2D eigenvalue weighted by molar-refractivity contribution is 0.333. The molecule has 0 radical (unpaired) electrons. The Labute approximate surface area is 143 Å². The van der Waals surface area contributed by atoms with Crippen molar-refractivity contribution in [2.75, 3.05) is 37.0 Å². The molecule has 0 N–H and O–H groups in total. The smallest absolute Gasteiger partial charge is 0.225 e. The van der Waals surface area contributed by atoms with Crippen molar-refractivity contribution in [1.82, 2.24) is 15.0 Å². The van der Waals surface area contributed by atoms with Crippen molar-refractivity contribution in [2.45, 2.75) is 38.0 Å². The van der Waals surface area contributed by atoms with E-state index < -0.39 is 0 Å². The van der Waals surface area contributed by atoms with E-state index in [1.807, 2.05) is 31.4 Å². The monoisotopic (exact) mass is 323 g/mol. The molecular weight excluding hydrogens is 298 g/mol. The number of aromatic nitrogens is 3. The Balaban J connectivity index is 1.69. The number of anilines is 2. The molecule has 0 bridgehead atoms. The zero-order valence-electron chi connectivity index (χ0n) is 14.8. The number of pyridine rings is 1. The third-order valence-electron chi connectivity index (χ3n) is 5.43. The summed E-state index contributed by atoms with van der Waals surface area (Å²) in [4.78, 5) is 18.5. The van der Waals surface area contributed by atoms with E-state index in [1.54, 1.807) is 0 Å². The number of fused-ring (bicyclic) bond motifs is 2. The van der Waals surface area contributed by atoms with Crippen LogP contribution >= 0.6 is 0 Å². The van der Waals surface area contributed by atoms with E-state index in [0.29, 0.717) is 0 Å². The summed E-state index contributed by atoms with van der Waals surface area (Å²) in [5.74, 6) is 1.92. The Bertz CT molecular complexity index is 753. The second kappa shape index (κ2) is 5.72. The maximum absolute atomic E-state index is 4.94. The molecule has 2 aromatic rings. The van der Waals surface area contributed by atoms with Crippen molar-refractivity contribution in [3.63, 3.8) is 0 Å². The summed E-state index contributed by atoms with van der Waals surface area (Å²) < 4.78 is 0. The van der Waals surface area contributed by atoms with Crippen molar-refractivity contribution < 1.29 is 0 Å². The second-order valence-electron chi connectivity index (χ2n) is 7.44. The van der Waals surface area contributed by atoms with Gasteiger partial charge in [0.1, 0.15) is 5.82 Å². The van der Waals surface area contributed by atoms with Crippen molar-refractivity contribution >= 4 is 11.8 Å². The average molecular weight is 323 g/mol. The maximum atomic E-state index is 4.94. The number of hydrogen-bond acceptors (Lipinski definition) is 5. The Morgan fingerprint density at radius 1 is 1.21 bits per heavy atom. The molecule has 5 heteroatoms. The molecule has 5 nitrogen and oxygen atoms in total. The molecule has 3 heterocycles. The van der Waals surface area contributed by atoms with Gasteiger partial charge in [-0.3, -0.25) is 0 Å². The van der Waals surface area contributed by atoms with Gasteiger partial charge in [-0.25, -0.2) is 15.0 Å². The molecular formula is C19H25N5. The van der Waals surface area contributed by atoms with Gasteiger partial charge in [0.25, 0.3) is 0 Å². The van der Waals surface area contributed by atoms with Crippen molar-refractivity contribution in [3.05, 3.63) is 41.3 Å². The molecule has 2 aliphatic rings. The predicted molar refractivity (Wildman–Crippen MR) is 96.8 cm³/mol. The van der Waals surface area contributed by atoms with Gasteiger partial charge in [0.2, 0.25) is 5.95 Å². The molecule has 2 aromatic heterocycles. The molecule has 4 rings (SSSR count). The highest BCUT2D eigenvalue weighted by Crippen LogP contribution is 2.44. The Morgan fingerprint density at radius 2 is 2.08 bits per heavy atom. The molecule has 0 saturated carbocycles. The lowest BCUT2D eigenvalue weighted by Crippen LogP contribution is -2.46. The molecule has 126 valence electrons. The van der Waals surface area contributed by atoms with Gasteiger partial charge in [-0.05, 0) is 55.9 Å². The van der Waals surface area contributed by atoms with Crippen LogP contribution in [0, 0.1) is 6.92 Å². The SMILES string of the molecule is Cc1ccnc(N2CCCC3(CCc4cnc(N(C)C)nc43)C2)c1. The fraction of sp³-hybridized carbons (Fsp3) is 0.526. The first-order valence-corrected chi connectivity index (χ1v) is 8.79. The Kier molecular flexibility index (Phi) is 3.66. The van der Waals surface area contributed by atoms with Crippen LogP contribution in [0.15, 0.2) is 24.5 Å². The fourth-order valence-corrected chi connectivity index (χ4v) is 4.17. The number of piperidine rings is 1. The number of aryl methyl sites for hydroxylation is 2. The highest BCUT2D eigenvalue weighted by atomic mass is 15.2. The standard InChI is InChI=1S/C19H25N5/c1-14-6-9-20-16(11-14)24-10-4-7-19(13-24)8-5-15-12-21-18(23(2)3)22-17(15)19/h6,9,11-12H,4-5,7-8,10,13H2,1-3H3. The van der Waals surface area contributed by atoms with Crippen molar-refractivity contribution in [2.24, 2.45) is 0 Å². The molecule has 1 saturated heterocycles. The van der Waals surface area contributed by atoms with Crippen LogP contribution in [0.25, 0.3) is 0 Å². The van der Waals surface area contributed by atoms with Gasteiger partial charge in [0.15, 0.2) is 0 Å². The minimum absolute atomic E-state index is 0.159. The summed E-state index contributed by atoms with van der Waals surface area (Å²) in [6.07, 6.45) is 8.63. The van der Waals surface area contributed by atoms with Gasteiger partial charge in [-0.1, -0.05) is 0 Å². The number of rotatable bonds is 2. The van der Waals surface area contributed by atoms with E-state index in [4.69, 9.17) is 4.98 Å². The van der Waals surface area contributed by atoms with Crippen LogP contribution in [-0.4, -0.2) is 42.1 Å². The first kappa shape index (κ1) is 15.4. The van der Waals surface area contributed by atoms with Crippen LogP contribution < -0.4 is 9.80 Å². The first-order valence-electron chi connectivity index (χ1n) is 8.79. The summed E-state index contributed by atoms with van der Waals surface area (Å²) >= 11 is 0. The van der Waals surface area contributed by atoms with Gasteiger partial charge < -0.3 is 9.80 Å². The molecule has 1 unspecified atom stereocenters. The van der Waals surface area contributed by atoms with Crippen LogP contribution in [-0.2, 0) is 11.8 Å². The van der Waals surface area contributed by atoms with Gasteiger partial charge in [-0.15, -0.1) is 0 Å². The zero-order chi connectivity index (χ0) is 16.7. The normalized spacial score (nSPS) is 22.7. The summed E-state index contributed by atoms with van der Waals surface area (Å²) in [7, 11) is 4.01. The van der Waals surface area contributed by atoms with Crippen LogP contribution in [0.2, 0.25) is 0 Å². The second-order valence-corrected chi connectivity index (χ2v) is 7.44. The van der Waals surface area contributed by atoms with E-state index in [-0.39, 0.29) is 5.41 Å². The van der Waals surface area contributed by atoms with Gasteiger partial charge in [-0.2, -0.15) is 0 Å². The van der Waals surface area contributed by atoms with Crippen molar-refractivity contribution in [3.8, 4) is 0 Å². The minimum Gasteiger partial charge on any atom is -0.356 e.